The van der Waals surface area contributed by atoms with E-state index >= 15 is 0 Å². The van der Waals surface area contributed by atoms with Crippen LogP contribution in [-0.2, 0) is 16.1 Å². The van der Waals surface area contributed by atoms with Crippen molar-refractivity contribution in [2.75, 3.05) is 6.54 Å². The second-order valence-corrected chi connectivity index (χ2v) is 9.10. The van der Waals surface area contributed by atoms with Gasteiger partial charge >= 0.3 is 24.3 Å². The average molecular weight is 598 g/mol. The van der Waals surface area contributed by atoms with Crippen LogP contribution in [0.4, 0.5) is 26.3 Å². The summed E-state index contributed by atoms with van der Waals surface area (Å²) in [7, 11) is 0. The van der Waals surface area contributed by atoms with Crippen molar-refractivity contribution in [3.05, 3.63) is 53.3 Å². The third kappa shape index (κ3) is 11.3. The third-order valence-corrected chi connectivity index (χ3v) is 5.88. The number of hydrogen-bond donors (Lipinski definition) is 4. The van der Waals surface area contributed by atoms with Crippen LogP contribution < -0.4 is 10.1 Å². The van der Waals surface area contributed by atoms with E-state index < -0.39 is 24.3 Å². The number of benzene rings is 2. The lowest BCUT2D eigenvalue weighted by Crippen LogP contribution is -2.24. The lowest BCUT2D eigenvalue weighted by atomic mass is 9.89. The molecule has 1 aliphatic rings. The van der Waals surface area contributed by atoms with Crippen molar-refractivity contribution in [3.63, 3.8) is 0 Å². The minimum absolute atomic E-state index is 0.631. The van der Waals surface area contributed by atoms with Gasteiger partial charge in [0.1, 0.15) is 11.5 Å². The molecule has 0 spiro atoms. The fourth-order valence-corrected chi connectivity index (χ4v) is 3.90. The number of nitrogens with zero attached hydrogens (tertiary/aromatic N) is 1. The van der Waals surface area contributed by atoms with E-state index in [2.05, 4.69) is 21.4 Å². The third-order valence-electron chi connectivity index (χ3n) is 5.59. The number of carboxylic acid groups (broad SMARTS) is 2. The molecule has 1 fully saturated rings. The standard InChI is InChI=1S/C21H24ClN3O.2C2HF3O2/c22-18-10-16(13-23-12-15-4-2-1-3-5-15)6-9-21(18)26-17-7-8-19-20(11-17)25-14-24-19;2*3-2(4,5)1(6)7/h6-11,14-15,23H,1-5,12-13H2,(H,24,25);2*(H,6,7). The molecule has 0 atom stereocenters. The average Bonchev–Trinajstić information content (AvgIpc) is 3.34. The predicted octanol–water partition coefficient (Wildman–Crippen LogP) is 6.95. The molecule has 0 bridgehead atoms. The smallest absolute Gasteiger partial charge is 0.475 e. The number of carboxylic acids is 2. The molecule has 1 aromatic heterocycles. The number of fused-ring (bicyclic) bond motifs is 1. The van der Waals surface area contributed by atoms with Gasteiger partial charge in [-0.25, -0.2) is 14.6 Å². The van der Waals surface area contributed by atoms with Crippen molar-refractivity contribution in [1.82, 2.24) is 15.3 Å². The first kappa shape index (κ1) is 32.7. The molecule has 3 aromatic rings. The maximum atomic E-state index is 10.6. The lowest BCUT2D eigenvalue weighted by Gasteiger charge is -2.21. The monoisotopic (exact) mass is 597 g/mol. The molecular weight excluding hydrogens is 572 g/mol. The highest BCUT2D eigenvalue weighted by molar-refractivity contribution is 6.32. The molecule has 4 rings (SSSR count). The van der Waals surface area contributed by atoms with Crippen molar-refractivity contribution in [3.8, 4) is 11.5 Å². The molecule has 8 nitrogen and oxygen atoms in total. The van der Waals surface area contributed by atoms with Crippen molar-refractivity contribution in [2.24, 2.45) is 5.92 Å². The van der Waals surface area contributed by atoms with Gasteiger partial charge in [-0.2, -0.15) is 26.3 Å². The van der Waals surface area contributed by atoms with Gasteiger partial charge in [0.25, 0.3) is 0 Å². The fourth-order valence-electron chi connectivity index (χ4n) is 3.65. The van der Waals surface area contributed by atoms with E-state index in [-0.39, 0.29) is 0 Å². The van der Waals surface area contributed by atoms with Crippen LogP contribution in [0.25, 0.3) is 11.0 Å². The number of H-pyrrole nitrogens is 1. The number of aliphatic carboxylic acids is 2. The Kier molecular flexibility index (Phi) is 12.1. The number of nitrogens with one attached hydrogen (secondary N) is 2. The highest BCUT2D eigenvalue weighted by Crippen LogP contribution is 2.31. The molecule has 40 heavy (non-hydrogen) atoms. The van der Waals surface area contributed by atoms with Gasteiger partial charge in [-0.3, -0.25) is 0 Å². The maximum Gasteiger partial charge on any atom is 0.490 e. The van der Waals surface area contributed by atoms with Crippen molar-refractivity contribution < 1.29 is 50.9 Å². The van der Waals surface area contributed by atoms with Crippen LogP contribution in [0.1, 0.15) is 37.7 Å². The number of aromatic amines is 1. The number of halogens is 7. The Hall–Kier alpha value is -3.52. The Labute approximate surface area is 229 Å². The molecule has 1 aliphatic carbocycles. The molecule has 2 aromatic carbocycles. The second-order valence-electron chi connectivity index (χ2n) is 8.69. The van der Waals surface area contributed by atoms with Gasteiger partial charge in [-0.15, -0.1) is 0 Å². The summed E-state index contributed by atoms with van der Waals surface area (Å²) in [6.45, 7) is 1.94. The Bertz CT molecular complexity index is 1240. The summed E-state index contributed by atoms with van der Waals surface area (Å²) in [5, 5.41) is 18.5. The van der Waals surface area contributed by atoms with Gasteiger partial charge in [-0.1, -0.05) is 36.9 Å². The first-order chi connectivity index (χ1) is 18.7. The van der Waals surface area contributed by atoms with E-state index in [1.54, 1.807) is 6.33 Å². The molecule has 0 radical (unpaired) electrons. The van der Waals surface area contributed by atoms with Crippen LogP contribution in [0.15, 0.2) is 42.7 Å². The predicted molar refractivity (Wildman–Crippen MR) is 133 cm³/mol. The zero-order valence-corrected chi connectivity index (χ0v) is 21.5. The Morgan fingerprint density at radius 1 is 0.975 bits per heavy atom. The van der Waals surface area contributed by atoms with E-state index in [4.69, 9.17) is 36.1 Å². The van der Waals surface area contributed by atoms with E-state index in [0.29, 0.717) is 10.8 Å². The molecular formula is C25H26ClF6N3O5. The number of imidazole rings is 1. The van der Waals surface area contributed by atoms with E-state index in [0.717, 1.165) is 35.8 Å². The minimum atomic E-state index is -5.08. The molecule has 0 amide bonds. The molecule has 1 saturated carbocycles. The summed E-state index contributed by atoms with van der Waals surface area (Å²) in [5.74, 6) is -3.27. The summed E-state index contributed by atoms with van der Waals surface area (Å²) in [6, 6.07) is 11.8. The van der Waals surface area contributed by atoms with Crippen LogP contribution in [0.3, 0.4) is 0 Å². The molecule has 0 saturated heterocycles. The summed E-state index contributed by atoms with van der Waals surface area (Å²) >= 11 is 6.43. The normalized spacial score (nSPS) is 14.0. The van der Waals surface area contributed by atoms with E-state index in [9.17, 15) is 26.3 Å². The van der Waals surface area contributed by atoms with Crippen molar-refractivity contribution >= 4 is 34.6 Å². The quantitative estimate of drug-likeness (QED) is 0.227. The summed E-state index contributed by atoms with van der Waals surface area (Å²) in [4.78, 5) is 25.1. The molecule has 1 heterocycles. The molecule has 4 N–H and O–H groups in total. The Morgan fingerprint density at radius 3 is 2.12 bits per heavy atom. The largest absolute Gasteiger partial charge is 0.490 e. The highest BCUT2D eigenvalue weighted by Gasteiger charge is 2.38. The van der Waals surface area contributed by atoms with Crippen molar-refractivity contribution in [1.29, 1.82) is 0 Å². The topological polar surface area (TPSA) is 125 Å². The number of carbonyl (C=O) groups is 2. The number of alkyl halides is 6. The molecule has 220 valence electrons. The van der Waals surface area contributed by atoms with Gasteiger partial charge in [0, 0.05) is 12.6 Å². The lowest BCUT2D eigenvalue weighted by molar-refractivity contribution is -0.193. The van der Waals surface area contributed by atoms with Crippen LogP contribution >= 0.6 is 11.6 Å². The van der Waals surface area contributed by atoms with Crippen LogP contribution in [0, 0.1) is 5.92 Å². The number of hydrogen-bond acceptors (Lipinski definition) is 5. The number of ether oxygens (including phenoxy) is 1. The number of rotatable bonds is 6. The second kappa shape index (κ2) is 14.7. The maximum absolute atomic E-state index is 10.6. The van der Waals surface area contributed by atoms with Crippen molar-refractivity contribution in [2.45, 2.75) is 51.0 Å². The molecule has 0 aliphatic heterocycles. The zero-order valence-electron chi connectivity index (χ0n) is 20.8. The SMILES string of the molecule is Clc1cc(CNCC2CCCCC2)ccc1Oc1ccc2nc[nH]c2c1.O=C(O)C(F)(F)F.O=C(O)C(F)(F)F. The summed E-state index contributed by atoms with van der Waals surface area (Å²) < 4.78 is 69.4. The molecule has 15 heteroatoms. The number of aromatic nitrogens is 2. The van der Waals surface area contributed by atoms with E-state index in [1.807, 2.05) is 30.3 Å². The van der Waals surface area contributed by atoms with Crippen LogP contribution in [-0.4, -0.2) is 51.0 Å². The van der Waals surface area contributed by atoms with E-state index in [1.165, 1.54) is 37.7 Å². The first-order valence-electron chi connectivity index (χ1n) is 11.9. The Balaban J connectivity index is 0.000000333. The van der Waals surface area contributed by atoms with Gasteiger partial charge in [0.2, 0.25) is 0 Å². The van der Waals surface area contributed by atoms with Gasteiger partial charge in [-0.05, 0) is 55.1 Å². The molecule has 0 unspecified atom stereocenters. The highest BCUT2D eigenvalue weighted by atomic mass is 35.5. The fraction of sp³-hybridized carbons (Fsp3) is 0.400. The summed E-state index contributed by atoms with van der Waals surface area (Å²) in [5.41, 5.74) is 3.05. The van der Waals surface area contributed by atoms with Crippen LogP contribution in [0.5, 0.6) is 11.5 Å². The van der Waals surface area contributed by atoms with Gasteiger partial charge < -0.3 is 25.3 Å². The Morgan fingerprint density at radius 2 is 1.57 bits per heavy atom. The minimum Gasteiger partial charge on any atom is -0.475 e. The zero-order chi connectivity index (χ0) is 29.9. The van der Waals surface area contributed by atoms with Gasteiger partial charge in [0.15, 0.2) is 0 Å². The first-order valence-corrected chi connectivity index (χ1v) is 12.2. The van der Waals surface area contributed by atoms with Crippen LogP contribution in [0.2, 0.25) is 5.02 Å². The summed E-state index contributed by atoms with van der Waals surface area (Å²) in [6.07, 6.45) is -1.59. The van der Waals surface area contributed by atoms with Gasteiger partial charge in [0.05, 0.1) is 22.4 Å².